The maximum absolute atomic E-state index is 11.3. The Morgan fingerprint density at radius 2 is 2.31 bits per heavy atom. The number of aromatic nitrogens is 2. The number of carbonyl (C=O) groups is 1. The summed E-state index contributed by atoms with van der Waals surface area (Å²) in [7, 11) is 1.31. The van der Waals surface area contributed by atoms with E-state index in [0.717, 1.165) is 36.3 Å². The molecule has 0 unspecified atom stereocenters. The van der Waals surface area contributed by atoms with E-state index in [2.05, 4.69) is 15.2 Å². The Labute approximate surface area is 93.8 Å². The highest BCUT2D eigenvalue weighted by atomic mass is 16.5. The van der Waals surface area contributed by atoms with Gasteiger partial charge in [-0.3, -0.25) is 0 Å². The third-order valence-electron chi connectivity index (χ3n) is 2.86. The monoisotopic (exact) mass is 224 g/mol. The van der Waals surface area contributed by atoms with Crippen LogP contribution in [0.4, 0.5) is 10.6 Å². The molecular formula is C10H16N4O2. The van der Waals surface area contributed by atoms with Crippen LogP contribution in [0.1, 0.15) is 24.5 Å². The maximum atomic E-state index is 11.3. The molecule has 6 nitrogen and oxygen atoms in total. The molecule has 1 aliphatic heterocycles. The summed E-state index contributed by atoms with van der Waals surface area (Å²) in [6.45, 7) is 1.96. The lowest BCUT2D eigenvalue weighted by Crippen LogP contribution is -2.27. The molecule has 0 bridgehead atoms. The number of methoxy groups -OCH3 is 1. The average Bonchev–Trinajstić information content (AvgIpc) is 2.71. The molecule has 3 N–H and O–H groups in total. The zero-order valence-corrected chi connectivity index (χ0v) is 9.27. The molecule has 1 aromatic rings. The quantitative estimate of drug-likeness (QED) is 0.727. The van der Waals surface area contributed by atoms with Crippen LogP contribution in [-0.4, -0.2) is 36.1 Å². The van der Waals surface area contributed by atoms with E-state index in [0.29, 0.717) is 11.7 Å². The molecule has 0 saturated carbocycles. The van der Waals surface area contributed by atoms with Crippen molar-refractivity contribution in [2.24, 2.45) is 0 Å². The van der Waals surface area contributed by atoms with E-state index < -0.39 is 6.09 Å². The van der Waals surface area contributed by atoms with Crippen molar-refractivity contribution in [3.8, 4) is 0 Å². The SMILES string of the molecule is COC(=O)n1nc(C2CCNCC2)cc1N. The average molecular weight is 224 g/mol. The maximum Gasteiger partial charge on any atom is 0.436 e. The van der Waals surface area contributed by atoms with Crippen molar-refractivity contribution >= 4 is 11.9 Å². The number of anilines is 1. The van der Waals surface area contributed by atoms with Crippen LogP contribution < -0.4 is 11.1 Å². The molecule has 0 aliphatic carbocycles. The molecule has 1 aliphatic rings. The van der Waals surface area contributed by atoms with Gasteiger partial charge in [-0.05, 0) is 25.9 Å². The van der Waals surface area contributed by atoms with Gasteiger partial charge in [-0.15, -0.1) is 4.68 Å². The summed E-state index contributed by atoms with van der Waals surface area (Å²) in [5.74, 6) is 0.717. The number of nitrogen functional groups attached to an aromatic ring is 1. The summed E-state index contributed by atoms with van der Waals surface area (Å²) in [5, 5.41) is 7.48. The van der Waals surface area contributed by atoms with E-state index in [9.17, 15) is 4.79 Å². The van der Waals surface area contributed by atoms with E-state index in [1.165, 1.54) is 7.11 Å². The van der Waals surface area contributed by atoms with Crippen LogP contribution in [0.3, 0.4) is 0 Å². The highest BCUT2D eigenvalue weighted by Crippen LogP contribution is 2.25. The van der Waals surface area contributed by atoms with Gasteiger partial charge in [-0.2, -0.15) is 5.10 Å². The summed E-state index contributed by atoms with van der Waals surface area (Å²) in [6.07, 6.45) is 1.51. The summed E-state index contributed by atoms with van der Waals surface area (Å²) in [4.78, 5) is 11.3. The molecule has 1 saturated heterocycles. The van der Waals surface area contributed by atoms with Gasteiger partial charge < -0.3 is 15.8 Å². The van der Waals surface area contributed by atoms with Gasteiger partial charge in [0.05, 0.1) is 12.8 Å². The number of piperidine rings is 1. The van der Waals surface area contributed by atoms with E-state index in [1.807, 2.05) is 0 Å². The molecule has 1 fully saturated rings. The van der Waals surface area contributed by atoms with Gasteiger partial charge in [0.1, 0.15) is 5.82 Å². The third-order valence-corrected chi connectivity index (χ3v) is 2.86. The van der Waals surface area contributed by atoms with Crippen molar-refractivity contribution in [1.29, 1.82) is 0 Å². The molecule has 0 amide bonds. The van der Waals surface area contributed by atoms with Crippen LogP contribution in [0.5, 0.6) is 0 Å². The number of nitrogens with zero attached hydrogens (tertiary/aromatic N) is 2. The Morgan fingerprint density at radius 3 is 2.94 bits per heavy atom. The van der Waals surface area contributed by atoms with Gasteiger partial charge in [0.25, 0.3) is 0 Å². The number of rotatable bonds is 1. The number of hydrogen-bond donors (Lipinski definition) is 2. The second kappa shape index (κ2) is 4.52. The lowest BCUT2D eigenvalue weighted by Gasteiger charge is -2.20. The van der Waals surface area contributed by atoms with Crippen LogP contribution >= 0.6 is 0 Å². The Morgan fingerprint density at radius 1 is 1.62 bits per heavy atom. The van der Waals surface area contributed by atoms with Crippen molar-refractivity contribution in [2.45, 2.75) is 18.8 Å². The summed E-state index contributed by atoms with van der Waals surface area (Å²) >= 11 is 0. The van der Waals surface area contributed by atoms with Crippen LogP contribution in [-0.2, 0) is 4.74 Å². The minimum atomic E-state index is -0.544. The smallest absolute Gasteiger partial charge is 0.436 e. The topological polar surface area (TPSA) is 82.2 Å². The fraction of sp³-hybridized carbons (Fsp3) is 0.600. The molecule has 16 heavy (non-hydrogen) atoms. The van der Waals surface area contributed by atoms with Crippen molar-refractivity contribution in [3.05, 3.63) is 11.8 Å². The largest absolute Gasteiger partial charge is 0.451 e. The zero-order valence-electron chi connectivity index (χ0n) is 9.27. The third kappa shape index (κ3) is 2.01. The van der Waals surface area contributed by atoms with Crippen LogP contribution in [0, 0.1) is 0 Å². The van der Waals surface area contributed by atoms with Gasteiger partial charge >= 0.3 is 6.09 Å². The predicted octanol–water partition coefficient (Wildman–Crippen LogP) is 0.547. The number of carbonyl (C=O) groups excluding carboxylic acids is 1. The minimum absolute atomic E-state index is 0.334. The first kappa shape index (κ1) is 10.9. The van der Waals surface area contributed by atoms with E-state index in [4.69, 9.17) is 5.73 Å². The van der Waals surface area contributed by atoms with Gasteiger partial charge in [0, 0.05) is 12.0 Å². The molecule has 2 rings (SSSR count). The molecule has 2 heterocycles. The highest BCUT2D eigenvalue weighted by Gasteiger charge is 2.21. The number of nitrogens with one attached hydrogen (secondary N) is 1. The zero-order chi connectivity index (χ0) is 11.5. The Balaban J connectivity index is 2.19. The van der Waals surface area contributed by atoms with Gasteiger partial charge in [-0.25, -0.2) is 4.79 Å². The Hall–Kier alpha value is -1.56. The standard InChI is InChI=1S/C10H16N4O2/c1-16-10(15)14-9(11)6-8(13-14)7-2-4-12-5-3-7/h6-7,12H,2-5,11H2,1H3. The molecular weight excluding hydrogens is 208 g/mol. The molecule has 0 aromatic carbocycles. The second-order valence-electron chi connectivity index (χ2n) is 3.90. The first-order valence-corrected chi connectivity index (χ1v) is 5.37. The minimum Gasteiger partial charge on any atom is -0.451 e. The summed E-state index contributed by atoms with van der Waals surface area (Å²) < 4.78 is 5.70. The molecule has 1 aromatic heterocycles. The molecule has 6 heteroatoms. The van der Waals surface area contributed by atoms with Crippen LogP contribution in [0.2, 0.25) is 0 Å². The first-order chi connectivity index (χ1) is 7.72. The van der Waals surface area contributed by atoms with Crippen molar-refractivity contribution < 1.29 is 9.53 Å². The molecule has 0 spiro atoms. The molecule has 88 valence electrons. The van der Waals surface area contributed by atoms with Crippen LogP contribution in [0.25, 0.3) is 0 Å². The summed E-state index contributed by atoms with van der Waals surface area (Å²) in [6, 6.07) is 1.76. The Bertz CT molecular complexity index is 382. The fourth-order valence-corrected chi connectivity index (χ4v) is 1.96. The van der Waals surface area contributed by atoms with Crippen molar-refractivity contribution in [3.63, 3.8) is 0 Å². The van der Waals surface area contributed by atoms with E-state index >= 15 is 0 Å². The number of ether oxygens (including phenoxy) is 1. The lowest BCUT2D eigenvalue weighted by molar-refractivity contribution is 0.169. The predicted molar refractivity (Wildman–Crippen MR) is 59.3 cm³/mol. The number of nitrogens with two attached hydrogens (primary N) is 1. The lowest BCUT2D eigenvalue weighted by atomic mass is 9.95. The van der Waals surface area contributed by atoms with Crippen LogP contribution in [0.15, 0.2) is 6.07 Å². The van der Waals surface area contributed by atoms with E-state index in [-0.39, 0.29) is 0 Å². The highest BCUT2D eigenvalue weighted by molar-refractivity contribution is 5.73. The van der Waals surface area contributed by atoms with Gasteiger partial charge in [-0.1, -0.05) is 0 Å². The van der Waals surface area contributed by atoms with Gasteiger partial charge in [0.2, 0.25) is 0 Å². The van der Waals surface area contributed by atoms with Gasteiger partial charge in [0.15, 0.2) is 0 Å². The molecule has 0 atom stereocenters. The second-order valence-corrected chi connectivity index (χ2v) is 3.90. The normalized spacial score (nSPS) is 17.3. The Kier molecular flexibility index (Phi) is 3.09. The summed E-state index contributed by atoms with van der Waals surface area (Å²) in [5.41, 5.74) is 6.59. The fourth-order valence-electron chi connectivity index (χ4n) is 1.96. The first-order valence-electron chi connectivity index (χ1n) is 5.37. The van der Waals surface area contributed by atoms with Crippen molar-refractivity contribution in [2.75, 3.05) is 25.9 Å². The number of hydrogen-bond acceptors (Lipinski definition) is 5. The van der Waals surface area contributed by atoms with Crippen molar-refractivity contribution in [1.82, 2.24) is 15.1 Å². The van der Waals surface area contributed by atoms with E-state index in [1.54, 1.807) is 6.07 Å². The molecule has 0 radical (unpaired) electrons.